The number of carboxylic acids is 1. The summed E-state index contributed by atoms with van der Waals surface area (Å²) in [6.45, 7) is 0.220. The van der Waals surface area contributed by atoms with Gasteiger partial charge in [-0.25, -0.2) is 4.79 Å². The van der Waals surface area contributed by atoms with Crippen LogP contribution in [-0.2, 0) is 6.61 Å². The Morgan fingerprint density at radius 3 is 2.36 bits per heavy atom. The fourth-order valence-electron chi connectivity index (χ4n) is 3.18. The number of hydrogen-bond acceptors (Lipinski definition) is 3. The molecule has 0 heterocycles. The molecule has 0 atom stereocenters. The summed E-state index contributed by atoms with van der Waals surface area (Å²) in [6.07, 6.45) is 0. The monoisotopic (exact) mass is 370 g/mol. The number of phenols is 1. The van der Waals surface area contributed by atoms with Gasteiger partial charge in [0.2, 0.25) is 0 Å². The van der Waals surface area contributed by atoms with Gasteiger partial charge in [-0.15, -0.1) is 0 Å². The molecule has 0 radical (unpaired) electrons. The standard InChI is InChI=1S/C24H18O4/c25-23-21(24(26)27)9-4-10-22(23)28-15-16-5-3-8-18(13-16)20-12-11-17-6-1-2-7-19(17)14-20/h1-14,25H,15H2,(H,26,27). The Hall–Kier alpha value is -3.79. The molecule has 0 aromatic heterocycles. The Morgan fingerprint density at radius 2 is 1.54 bits per heavy atom. The number of aromatic carboxylic acids is 1. The molecular weight excluding hydrogens is 352 g/mol. The average Bonchev–Trinajstić information content (AvgIpc) is 2.72. The minimum atomic E-state index is -1.19. The zero-order valence-corrected chi connectivity index (χ0v) is 15.0. The van der Waals surface area contributed by atoms with Crippen molar-refractivity contribution < 1.29 is 19.7 Å². The molecule has 4 rings (SSSR count). The van der Waals surface area contributed by atoms with Crippen molar-refractivity contribution >= 4 is 16.7 Å². The fourth-order valence-corrected chi connectivity index (χ4v) is 3.18. The highest BCUT2D eigenvalue weighted by Gasteiger charge is 2.14. The maximum atomic E-state index is 11.1. The van der Waals surface area contributed by atoms with Gasteiger partial charge in [0.25, 0.3) is 0 Å². The second-order valence-corrected chi connectivity index (χ2v) is 6.51. The molecule has 0 aliphatic rings. The van der Waals surface area contributed by atoms with Gasteiger partial charge in [0, 0.05) is 0 Å². The molecule has 0 amide bonds. The highest BCUT2D eigenvalue weighted by molar-refractivity contribution is 5.91. The molecule has 0 unspecified atom stereocenters. The number of fused-ring (bicyclic) bond motifs is 1. The molecular formula is C24H18O4. The van der Waals surface area contributed by atoms with E-state index in [1.807, 2.05) is 36.4 Å². The van der Waals surface area contributed by atoms with Gasteiger partial charge in [-0.1, -0.05) is 60.7 Å². The molecule has 0 bridgehead atoms. The van der Waals surface area contributed by atoms with Gasteiger partial charge in [-0.2, -0.15) is 0 Å². The van der Waals surface area contributed by atoms with E-state index < -0.39 is 5.97 Å². The number of benzene rings is 4. The number of carboxylic acid groups (broad SMARTS) is 1. The van der Waals surface area contributed by atoms with Crippen LogP contribution in [0.15, 0.2) is 84.9 Å². The molecule has 138 valence electrons. The van der Waals surface area contributed by atoms with Crippen LogP contribution in [-0.4, -0.2) is 16.2 Å². The lowest BCUT2D eigenvalue weighted by molar-refractivity contribution is 0.0692. The predicted octanol–water partition coefficient (Wildman–Crippen LogP) is 5.49. The first-order valence-electron chi connectivity index (χ1n) is 8.88. The van der Waals surface area contributed by atoms with Crippen molar-refractivity contribution in [3.8, 4) is 22.6 Å². The second-order valence-electron chi connectivity index (χ2n) is 6.51. The molecule has 0 saturated heterocycles. The minimum absolute atomic E-state index is 0.149. The predicted molar refractivity (Wildman–Crippen MR) is 109 cm³/mol. The normalized spacial score (nSPS) is 10.7. The van der Waals surface area contributed by atoms with E-state index in [0.717, 1.165) is 16.7 Å². The van der Waals surface area contributed by atoms with E-state index in [4.69, 9.17) is 9.84 Å². The molecule has 0 saturated carbocycles. The van der Waals surface area contributed by atoms with E-state index >= 15 is 0 Å². The van der Waals surface area contributed by atoms with Crippen LogP contribution in [0.4, 0.5) is 0 Å². The van der Waals surface area contributed by atoms with Gasteiger partial charge >= 0.3 is 5.97 Å². The van der Waals surface area contributed by atoms with Gasteiger partial charge in [0.15, 0.2) is 11.5 Å². The van der Waals surface area contributed by atoms with Gasteiger partial charge in [0.05, 0.1) is 0 Å². The van der Waals surface area contributed by atoms with E-state index in [0.29, 0.717) is 0 Å². The molecule has 4 aromatic rings. The quantitative estimate of drug-likeness (QED) is 0.487. The van der Waals surface area contributed by atoms with Crippen LogP contribution < -0.4 is 4.74 Å². The van der Waals surface area contributed by atoms with Gasteiger partial charge in [-0.3, -0.25) is 0 Å². The number of para-hydroxylation sites is 1. The van der Waals surface area contributed by atoms with Crippen LogP contribution in [0.3, 0.4) is 0 Å². The summed E-state index contributed by atoms with van der Waals surface area (Å²) in [4.78, 5) is 11.1. The third-order valence-electron chi connectivity index (χ3n) is 4.63. The van der Waals surface area contributed by atoms with E-state index in [1.165, 1.54) is 16.8 Å². The Morgan fingerprint density at radius 1 is 0.786 bits per heavy atom. The SMILES string of the molecule is O=C(O)c1cccc(OCc2cccc(-c3ccc4ccccc4c3)c2)c1O. The first-order valence-corrected chi connectivity index (χ1v) is 8.88. The maximum Gasteiger partial charge on any atom is 0.339 e. The van der Waals surface area contributed by atoms with Crippen LogP contribution in [0, 0.1) is 0 Å². The van der Waals surface area contributed by atoms with Crippen LogP contribution in [0.25, 0.3) is 21.9 Å². The topological polar surface area (TPSA) is 66.8 Å². The molecule has 2 N–H and O–H groups in total. The van der Waals surface area contributed by atoms with Crippen molar-refractivity contribution in [1.29, 1.82) is 0 Å². The zero-order chi connectivity index (χ0) is 19.5. The van der Waals surface area contributed by atoms with Crippen LogP contribution in [0.5, 0.6) is 11.5 Å². The highest BCUT2D eigenvalue weighted by atomic mass is 16.5. The lowest BCUT2D eigenvalue weighted by atomic mass is 10.00. The van der Waals surface area contributed by atoms with Crippen molar-refractivity contribution in [2.45, 2.75) is 6.61 Å². The summed E-state index contributed by atoms with van der Waals surface area (Å²) < 4.78 is 5.66. The summed E-state index contributed by atoms with van der Waals surface area (Å²) >= 11 is 0. The third kappa shape index (κ3) is 3.53. The van der Waals surface area contributed by atoms with E-state index in [9.17, 15) is 9.90 Å². The summed E-state index contributed by atoms with van der Waals surface area (Å²) in [7, 11) is 0. The van der Waals surface area contributed by atoms with Crippen LogP contribution >= 0.6 is 0 Å². The van der Waals surface area contributed by atoms with Gasteiger partial charge in [-0.05, 0) is 51.7 Å². The molecule has 4 nitrogen and oxygen atoms in total. The Bertz CT molecular complexity index is 1160. The van der Waals surface area contributed by atoms with Crippen LogP contribution in [0.2, 0.25) is 0 Å². The second kappa shape index (κ2) is 7.45. The summed E-state index contributed by atoms with van der Waals surface area (Å²) in [5, 5.41) is 21.5. The largest absolute Gasteiger partial charge is 0.504 e. The van der Waals surface area contributed by atoms with Crippen molar-refractivity contribution in [2.75, 3.05) is 0 Å². The molecule has 0 fully saturated rings. The first kappa shape index (κ1) is 17.6. The number of aromatic hydroxyl groups is 1. The average molecular weight is 370 g/mol. The van der Waals surface area contributed by atoms with Crippen molar-refractivity contribution in [3.05, 3.63) is 96.1 Å². The highest BCUT2D eigenvalue weighted by Crippen LogP contribution is 2.31. The van der Waals surface area contributed by atoms with Gasteiger partial charge < -0.3 is 14.9 Å². The lowest BCUT2D eigenvalue weighted by Gasteiger charge is -2.11. The number of rotatable bonds is 5. The summed E-state index contributed by atoms with van der Waals surface area (Å²) in [5.41, 5.74) is 2.92. The molecule has 4 aromatic carbocycles. The van der Waals surface area contributed by atoms with E-state index in [2.05, 4.69) is 30.3 Å². The lowest BCUT2D eigenvalue weighted by Crippen LogP contribution is -2.00. The Labute approximate surface area is 162 Å². The summed E-state index contributed by atoms with van der Waals surface area (Å²) in [5.74, 6) is -1.40. The zero-order valence-electron chi connectivity index (χ0n) is 15.0. The molecule has 4 heteroatoms. The van der Waals surface area contributed by atoms with Crippen molar-refractivity contribution in [1.82, 2.24) is 0 Å². The summed E-state index contributed by atoms with van der Waals surface area (Å²) in [6, 6.07) is 26.9. The molecule has 0 aliphatic heterocycles. The smallest absolute Gasteiger partial charge is 0.339 e. The number of ether oxygens (including phenoxy) is 1. The van der Waals surface area contributed by atoms with Crippen LogP contribution in [0.1, 0.15) is 15.9 Å². The van der Waals surface area contributed by atoms with E-state index in [-0.39, 0.29) is 23.7 Å². The minimum Gasteiger partial charge on any atom is -0.504 e. The number of carbonyl (C=O) groups is 1. The number of hydrogen-bond donors (Lipinski definition) is 2. The Balaban J connectivity index is 1.57. The maximum absolute atomic E-state index is 11.1. The molecule has 0 aliphatic carbocycles. The molecule has 28 heavy (non-hydrogen) atoms. The Kier molecular flexibility index (Phi) is 4.68. The van der Waals surface area contributed by atoms with Crippen molar-refractivity contribution in [2.24, 2.45) is 0 Å². The van der Waals surface area contributed by atoms with E-state index in [1.54, 1.807) is 12.1 Å². The van der Waals surface area contributed by atoms with Crippen molar-refractivity contribution in [3.63, 3.8) is 0 Å². The first-order chi connectivity index (χ1) is 13.6. The third-order valence-corrected chi connectivity index (χ3v) is 4.63. The van der Waals surface area contributed by atoms with Gasteiger partial charge in [0.1, 0.15) is 12.2 Å². The molecule has 0 spiro atoms. The fraction of sp³-hybridized carbons (Fsp3) is 0.0417.